The van der Waals surface area contributed by atoms with Crippen LogP contribution in [-0.2, 0) is 0 Å². The largest absolute Gasteiger partial charge is 0.298 e. The van der Waals surface area contributed by atoms with Gasteiger partial charge in [-0.2, -0.15) is 5.10 Å². The summed E-state index contributed by atoms with van der Waals surface area (Å²) in [5, 5.41) is 4.32. The van der Waals surface area contributed by atoms with Gasteiger partial charge < -0.3 is 0 Å². The fraction of sp³-hybridized carbons (Fsp3) is 0. The summed E-state index contributed by atoms with van der Waals surface area (Å²) in [4.78, 5) is 15.0. The van der Waals surface area contributed by atoms with Crippen LogP contribution in [0.15, 0.2) is 53.4 Å². The fourth-order valence-electron chi connectivity index (χ4n) is 1.99. The maximum atomic E-state index is 13.9. The van der Waals surface area contributed by atoms with E-state index in [4.69, 9.17) is 0 Å². The van der Waals surface area contributed by atoms with Crippen LogP contribution in [0, 0.1) is 5.82 Å². The number of carbonyl (C=O) groups excluding carboxylic acids is 1. The highest BCUT2D eigenvalue weighted by Crippen LogP contribution is 2.26. The lowest BCUT2D eigenvalue weighted by Gasteiger charge is -2.02. The highest BCUT2D eigenvalue weighted by atomic mass is 79.9. The van der Waals surface area contributed by atoms with Crippen LogP contribution in [0.5, 0.6) is 0 Å². The van der Waals surface area contributed by atoms with Crippen molar-refractivity contribution in [2.45, 2.75) is 0 Å². The van der Waals surface area contributed by atoms with E-state index in [0.717, 1.165) is 11.9 Å². The summed E-state index contributed by atoms with van der Waals surface area (Å²) in [6.45, 7) is 0. The first-order valence-electron chi connectivity index (χ1n) is 6.10. The van der Waals surface area contributed by atoms with Crippen molar-refractivity contribution in [2.24, 2.45) is 0 Å². The zero-order valence-corrected chi connectivity index (χ0v) is 12.3. The normalized spacial score (nSPS) is 10.6. The molecular weight excluding hydrogens is 337 g/mol. The zero-order valence-electron chi connectivity index (χ0n) is 10.7. The molecular formula is C15H9BrFN3O. The molecule has 0 aliphatic rings. The van der Waals surface area contributed by atoms with E-state index in [0.29, 0.717) is 16.5 Å². The molecule has 0 saturated carbocycles. The van der Waals surface area contributed by atoms with Crippen molar-refractivity contribution in [3.63, 3.8) is 0 Å². The molecule has 3 aromatic rings. The van der Waals surface area contributed by atoms with E-state index in [1.54, 1.807) is 10.9 Å². The molecule has 0 atom stereocenters. The Kier molecular flexibility index (Phi) is 3.62. The standard InChI is InChI=1S/C15H9BrFN3O/c16-14-6-12(13(17)7-18-14)15-10(9-21)8-20(19-15)11-4-2-1-3-5-11/h1-9H. The number of hydrogen-bond acceptors (Lipinski definition) is 3. The Balaban J connectivity index is 2.17. The molecule has 0 bridgehead atoms. The Morgan fingerprint density at radius 1 is 1.24 bits per heavy atom. The quantitative estimate of drug-likeness (QED) is 0.537. The Morgan fingerprint density at radius 3 is 2.71 bits per heavy atom. The lowest BCUT2D eigenvalue weighted by molar-refractivity contribution is 0.112. The fourth-order valence-corrected chi connectivity index (χ4v) is 2.32. The average molecular weight is 346 g/mol. The topological polar surface area (TPSA) is 47.8 Å². The first-order chi connectivity index (χ1) is 10.2. The number of nitrogens with zero attached hydrogens (tertiary/aromatic N) is 3. The molecule has 4 nitrogen and oxygen atoms in total. The Morgan fingerprint density at radius 2 is 2.00 bits per heavy atom. The van der Waals surface area contributed by atoms with Crippen molar-refractivity contribution in [3.05, 3.63) is 64.8 Å². The van der Waals surface area contributed by atoms with E-state index in [9.17, 15) is 9.18 Å². The Bertz CT molecular complexity index is 802. The van der Waals surface area contributed by atoms with Gasteiger partial charge in [0.05, 0.1) is 17.4 Å². The summed E-state index contributed by atoms with van der Waals surface area (Å²) in [7, 11) is 0. The van der Waals surface area contributed by atoms with Crippen molar-refractivity contribution in [1.82, 2.24) is 14.8 Å². The molecule has 1 aromatic carbocycles. The number of para-hydroxylation sites is 1. The maximum Gasteiger partial charge on any atom is 0.153 e. The SMILES string of the molecule is O=Cc1cn(-c2ccccc2)nc1-c1cc(Br)ncc1F. The van der Waals surface area contributed by atoms with Gasteiger partial charge in [-0.1, -0.05) is 18.2 Å². The highest BCUT2D eigenvalue weighted by molar-refractivity contribution is 9.10. The second-order valence-corrected chi connectivity index (χ2v) is 5.13. The molecule has 0 unspecified atom stereocenters. The number of halogens is 2. The summed E-state index contributed by atoms with van der Waals surface area (Å²) in [6, 6.07) is 10.8. The van der Waals surface area contributed by atoms with Crippen LogP contribution in [0.1, 0.15) is 10.4 Å². The molecule has 3 rings (SSSR count). The van der Waals surface area contributed by atoms with Crippen LogP contribution >= 0.6 is 15.9 Å². The summed E-state index contributed by atoms with van der Waals surface area (Å²) >= 11 is 3.19. The van der Waals surface area contributed by atoms with Gasteiger partial charge in [0, 0.05) is 11.8 Å². The Labute approximate surface area is 128 Å². The first-order valence-corrected chi connectivity index (χ1v) is 6.90. The molecule has 0 radical (unpaired) electrons. The molecule has 2 aromatic heterocycles. The van der Waals surface area contributed by atoms with Gasteiger partial charge in [0.1, 0.15) is 10.3 Å². The number of benzene rings is 1. The molecule has 104 valence electrons. The van der Waals surface area contributed by atoms with E-state index in [1.807, 2.05) is 30.3 Å². The number of carbonyl (C=O) groups is 1. The average Bonchev–Trinajstić information content (AvgIpc) is 2.94. The maximum absolute atomic E-state index is 13.9. The lowest BCUT2D eigenvalue weighted by atomic mass is 10.1. The van der Waals surface area contributed by atoms with Gasteiger partial charge in [-0.25, -0.2) is 14.1 Å². The predicted molar refractivity (Wildman–Crippen MR) is 79.8 cm³/mol. The van der Waals surface area contributed by atoms with Gasteiger partial charge >= 0.3 is 0 Å². The predicted octanol–water partition coefficient (Wildman–Crippen LogP) is 3.65. The molecule has 0 spiro atoms. The molecule has 0 saturated heterocycles. The second-order valence-electron chi connectivity index (χ2n) is 4.32. The molecule has 6 heteroatoms. The van der Waals surface area contributed by atoms with E-state index in [1.165, 1.54) is 6.07 Å². The van der Waals surface area contributed by atoms with E-state index in [-0.39, 0.29) is 11.3 Å². The van der Waals surface area contributed by atoms with Gasteiger partial charge in [0.25, 0.3) is 0 Å². The first kappa shape index (κ1) is 13.6. The summed E-state index contributed by atoms with van der Waals surface area (Å²) in [5.74, 6) is -0.528. The minimum atomic E-state index is -0.528. The number of aromatic nitrogens is 3. The van der Waals surface area contributed by atoms with Crippen LogP contribution in [0.4, 0.5) is 4.39 Å². The van der Waals surface area contributed by atoms with Crippen LogP contribution in [0.25, 0.3) is 16.9 Å². The van der Waals surface area contributed by atoms with Crippen LogP contribution in [0.2, 0.25) is 0 Å². The third-order valence-electron chi connectivity index (χ3n) is 2.97. The molecule has 0 N–H and O–H groups in total. The molecule has 0 aliphatic heterocycles. The third-order valence-corrected chi connectivity index (χ3v) is 3.40. The van der Waals surface area contributed by atoms with Crippen LogP contribution in [0.3, 0.4) is 0 Å². The molecule has 2 heterocycles. The molecule has 21 heavy (non-hydrogen) atoms. The Hall–Kier alpha value is -2.34. The van der Waals surface area contributed by atoms with Gasteiger partial charge in [0.2, 0.25) is 0 Å². The summed E-state index contributed by atoms with van der Waals surface area (Å²) < 4.78 is 16.0. The molecule has 0 amide bonds. The van der Waals surface area contributed by atoms with Crippen molar-refractivity contribution in [1.29, 1.82) is 0 Å². The summed E-state index contributed by atoms with van der Waals surface area (Å²) in [6.07, 6.45) is 3.33. The van der Waals surface area contributed by atoms with Crippen LogP contribution in [-0.4, -0.2) is 21.1 Å². The number of rotatable bonds is 3. The minimum absolute atomic E-state index is 0.230. The van der Waals surface area contributed by atoms with Crippen molar-refractivity contribution in [2.75, 3.05) is 0 Å². The smallest absolute Gasteiger partial charge is 0.153 e. The summed E-state index contributed by atoms with van der Waals surface area (Å²) in [5.41, 5.74) is 1.62. The van der Waals surface area contributed by atoms with E-state index < -0.39 is 5.82 Å². The number of hydrogen-bond donors (Lipinski definition) is 0. The van der Waals surface area contributed by atoms with Crippen LogP contribution < -0.4 is 0 Å². The molecule has 0 fully saturated rings. The van der Waals surface area contributed by atoms with E-state index in [2.05, 4.69) is 26.0 Å². The zero-order chi connectivity index (χ0) is 14.8. The van der Waals surface area contributed by atoms with Gasteiger partial charge in [0.15, 0.2) is 12.1 Å². The van der Waals surface area contributed by atoms with Gasteiger partial charge in [-0.3, -0.25) is 4.79 Å². The second kappa shape index (κ2) is 5.57. The van der Waals surface area contributed by atoms with Crippen molar-refractivity contribution in [3.8, 4) is 16.9 Å². The minimum Gasteiger partial charge on any atom is -0.298 e. The monoisotopic (exact) mass is 345 g/mol. The number of pyridine rings is 1. The van der Waals surface area contributed by atoms with Crippen molar-refractivity contribution < 1.29 is 9.18 Å². The highest BCUT2D eigenvalue weighted by Gasteiger charge is 2.16. The van der Waals surface area contributed by atoms with E-state index >= 15 is 0 Å². The lowest BCUT2D eigenvalue weighted by Crippen LogP contribution is -1.95. The van der Waals surface area contributed by atoms with Gasteiger partial charge in [-0.05, 0) is 34.1 Å². The van der Waals surface area contributed by atoms with Gasteiger partial charge in [-0.15, -0.1) is 0 Å². The number of aldehydes is 1. The third kappa shape index (κ3) is 2.62. The van der Waals surface area contributed by atoms with Crippen molar-refractivity contribution >= 4 is 22.2 Å². The molecule has 0 aliphatic carbocycles.